The van der Waals surface area contributed by atoms with E-state index in [0.717, 1.165) is 22.5 Å². The third-order valence-corrected chi connectivity index (χ3v) is 10.8. The fraction of sp³-hybridized carbons (Fsp3) is 0.355. The van der Waals surface area contributed by atoms with Crippen LogP contribution in [0.1, 0.15) is 53.6 Å². The second-order valence-electron chi connectivity index (χ2n) is 10.6. The predicted octanol–water partition coefficient (Wildman–Crippen LogP) is 6.20. The number of benzene rings is 2. The number of hydrogen-bond acceptors (Lipinski definition) is 6. The second kappa shape index (κ2) is 11.8. The number of sulfonamides is 1. The van der Waals surface area contributed by atoms with Gasteiger partial charge in [0.25, 0.3) is 0 Å². The van der Waals surface area contributed by atoms with Gasteiger partial charge in [-0.05, 0) is 82.3 Å². The van der Waals surface area contributed by atoms with E-state index in [0.29, 0.717) is 27.3 Å². The number of carboxylic acid groups (broad SMARTS) is 1. The molecule has 0 spiro atoms. The molecule has 2 aromatic carbocycles. The van der Waals surface area contributed by atoms with Crippen molar-refractivity contribution in [3.63, 3.8) is 0 Å². The summed E-state index contributed by atoms with van der Waals surface area (Å²) in [6.07, 6.45) is 2.06. The zero-order chi connectivity index (χ0) is 30.2. The summed E-state index contributed by atoms with van der Waals surface area (Å²) in [6.45, 7) is 10.8. The molecule has 2 heterocycles. The number of rotatable bonds is 8. The summed E-state index contributed by atoms with van der Waals surface area (Å²) < 4.78 is 35.4. The molecule has 3 aromatic rings. The lowest BCUT2D eigenvalue weighted by molar-refractivity contribution is -0.122. The van der Waals surface area contributed by atoms with Gasteiger partial charge >= 0.3 is 5.97 Å². The van der Waals surface area contributed by atoms with Gasteiger partial charge in [0, 0.05) is 17.5 Å². The Labute approximate surface area is 245 Å². The maximum absolute atomic E-state index is 14.4. The summed E-state index contributed by atoms with van der Waals surface area (Å²) in [6, 6.07) is 11.3. The smallest absolute Gasteiger partial charge is 0.348 e. The van der Waals surface area contributed by atoms with E-state index < -0.39 is 34.0 Å². The summed E-state index contributed by atoms with van der Waals surface area (Å²) in [5, 5.41) is 10.1. The fourth-order valence-corrected chi connectivity index (χ4v) is 8.46. The van der Waals surface area contributed by atoms with Gasteiger partial charge in [-0.3, -0.25) is 4.79 Å². The normalized spacial score (nSPS) is 16.0. The Morgan fingerprint density at radius 1 is 1.07 bits per heavy atom. The van der Waals surface area contributed by atoms with Crippen LogP contribution in [0, 0.1) is 20.8 Å². The van der Waals surface area contributed by atoms with Gasteiger partial charge in [-0.25, -0.2) is 13.2 Å². The Morgan fingerprint density at radius 2 is 1.73 bits per heavy atom. The maximum atomic E-state index is 14.4. The number of ether oxygens (including phenoxy) is 1. The van der Waals surface area contributed by atoms with Gasteiger partial charge in [0.1, 0.15) is 16.7 Å². The fourth-order valence-electron chi connectivity index (χ4n) is 5.35. The van der Waals surface area contributed by atoms with E-state index in [1.54, 1.807) is 46.9 Å². The molecule has 1 N–H and O–H groups in total. The Kier molecular flexibility index (Phi) is 8.77. The number of carboxylic acids is 1. The number of hydrogen-bond donors (Lipinski definition) is 1. The molecule has 10 heteroatoms. The first-order chi connectivity index (χ1) is 19.3. The number of nitrogens with zero attached hydrogens (tertiary/aromatic N) is 2. The third kappa shape index (κ3) is 5.68. The van der Waals surface area contributed by atoms with Gasteiger partial charge in [-0.1, -0.05) is 42.0 Å². The largest absolute Gasteiger partial charge is 0.496 e. The van der Waals surface area contributed by atoms with Gasteiger partial charge in [-0.15, -0.1) is 11.3 Å². The molecule has 1 atom stereocenters. The maximum Gasteiger partial charge on any atom is 0.348 e. The van der Waals surface area contributed by atoms with Crippen molar-refractivity contribution >= 4 is 38.9 Å². The minimum absolute atomic E-state index is 0.0281. The molecule has 1 aliphatic heterocycles. The molecular formula is C31H36N2O6S2. The lowest BCUT2D eigenvalue weighted by atomic mass is 10.0. The summed E-state index contributed by atoms with van der Waals surface area (Å²) in [4.78, 5) is 29.1. The van der Waals surface area contributed by atoms with Crippen molar-refractivity contribution in [1.29, 1.82) is 0 Å². The first kappa shape index (κ1) is 30.5. The summed E-state index contributed by atoms with van der Waals surface area (Å²) in [7, 11) is -2.58. The Bertz CT molecular complexity index is 1620. The molecule has 0 saturated carbocycles. The first-order valence-electron chi connectivity index (χ1n) is 13.4. The zero-order valence-electron chi connectivity index (χ0n) is 24.4. The molecular weight excluding hydrogens is 560 g/mol. The summed E-state index contributed by atoms with van der Waals surface area (Å²) >= 11 is 1.09. The summed E-state index contributed by atoms with van der Waals surface area (Å²) in [5.41, 5.74) is 3.75. The number of carbonyl (C=O) groups is 2. The third-order valence-electron chi connectivity index (χ3n) is 7.47. The standard InChI is InChI=1S/C31H36N2O6S2/c1-18(2)33(25-16-27(40-28(25)31(35)36)23-11-9-8-10-12-23)30(34)24-14-13-19(3)17-32(24)41(37,38)29-20(4)15-26(39-7)21(5)22(29)6/h8-13,15-16,18,24H,14,17H2,1-7H3,(H,35,36). The number of aromatic carboxylic acids is 1. The molecule has 0 saturated heterocycles. The van der Waals surface area contributed by atoms with Crippen molar-refractivity contribution < 1.29 is 27.9 Å². The van der Waals surface area contributed by atoms with Crippen LogP contribution in [0.15, 0.2) is 59.0 Å². The van der Waals surface area contributed by atoms with Crippen molar-refractivity contribution in [3.8, 4) is 16.2 Å². The zero-order valence-corrected chi connectivity index (χ0v) is 26.0. The number of carbonyl (C=O) groups excluding carboxylic acids is 1. The number of aryl methyl sites for hydroxylation is 1. The molecule has 1 aromatic heterocycles. The van der Waals surface area contributed by atoms with Crippen LogP contribution in [-0.2, 0) is 14.8 Å². The van der Waals surface area contributed by atoms with E-state index in [1.165, 1.54) is 9.21 Å². The number of methoxy groups -OCH3 is 1. The van der Waals surface area contributed by atoms with E-state index in [4.69, 9.17) is 4.74 Å². The van der Waals surface area contributed by atoms with E-state index >= 15 is 0 Å². The lowest BCUT2D eigenvalue weighted by Gasteiger charge is -2.38. The van der Waals surface area contributed by atoms with E-state index in [-0.39, 0.29) is 28.4 Å². The van der Waals surface area contributed by atoms with E-state index in [9.17, 15) is 23.1 Å². The monoisotopic (exact) mass is 596 g/mol. The molecule has 4 rings (SSSR count). The molecule has 1 amide bonds. The van der Waals surface area contributed by atoms with Crippen molar-refractivity contribution in [2.24, 2.45) is 0 Å². The molecule has 218 valence electrons. The molecule has 0 fully saturated rings. The van der Waals surface area contributed by atoms with Gasteiger partial charge in [0.2, 0.25) is 15.9 Å². The van der Waals surface area contributed by atoms with Crippen LogP contribution in [-0.4, -0.2) is 55.4 Å². The van der Waals surface area contributed by atoms with Crippen LogP contribution in [0.25, 0.3) is 10.4 Å². The molecule has 0 aliphatic carbocycles. The average Bonchev–Trinajstić information content (AvgIpc) is 3.36. The van der Waals surface area contributed by atoms with E-state index in [1.807, 2.05) is 50.3 Å². The molecule has 8 nitrogen and oxygen atoms in total. The van der Waals surface area contributed by atoms with Crippen molar-refractivity contribution in [2.45, 2.75) is 64.9 Å². The lowest BCUT2D eigenvalue weighted by Crippen LogP contribution is -2.54. The van der Waals surface area contributed by atoms with Crippen LogP contribution in [0.4, 0.5) is 5.69 Å². The quantitative estimate of drug-likeness (QED) is 0.311. The van der Waals surface area contributed by atoms with Gasteiger partial charge in [0.05, 0.1) is 17.7 Å². The van der Waals surface area contributed by atoms with Gasteiger partial charge in [-0.2, -0.15) is 4.31 Å². The molecule has 1 unspecified atom stereocenters. The highest BCUT2D eigenvalue weighted by Crippen LogP contribution is 2.40. The van der Waals surface area contributed by atoms with E-state index in [2.05, 4.69) is 0 Å². The van der Waals surface area contributed by atoms with Gasteiger partial charge < -0.3 is 14.7 Å². The molecule has 1 aliphatic rings. The van der Waals surface area contributed by atoms with Crippen molar-refractivity contribution in [3.05, 3.63) is 75.7 Å². The average molecular weight is 597 g/mol. The number of amides is 1. The highest BCUT2D eigenvalue weighted by atomic mass is 32.2. The first-order valence-corrected chi connectivity index (χ1v) is 15.6. The second-order valence-corrected chi connectivity index (χ2v) is 13.5. The van der Waals surface area contributed by atoms with Crippen molar-refractivity contribution in [1.82, 2.24) is 4.31 Å². The highest BCUT2D eigenvalue weighted by molar-refractivity contribution is 7.89. The highest BCUT2D eigenvalue weighted by Gasteiger charge is 2.42. The summed E-state index contributed by atoms with van der Waals surface area (Å²) in [5.74, 6) is -1.01. The van der Waals surface area contributed by atoms with Crippen LogP contribution in [0.5, 0.6) is 5.75 Å². The molecule has 41 heavy (non-hydrogen) atoms. The van der Waals surface area contributed by atoms with Crippen molar-refractivity contribution in [2.75, 3.05) is 18.6 Å². The van der Waals surface area contributed by atoms with Crippen LogP contribution < -0.4 is 9.64 Å². The molecule has 0 bridgehead atoms. The number of anilines is 1. The minimum Gasteiger partial charge on any atom is -0.496 e. The Hall–Kier alpha value is -3.47. The Morgan fingerprint density at radius 3 is 2.32 bits per heavy atom. The van der Waals surface area contributed by atoms with Crippen LogP contribution >= 0.6 is 11.3 Å². The topological polar surface area (TPSA) is 104 Å². The SMILES string of the molecule is COc1cc(C)c(S(=O)(=O)N2CC(C)=CCC2C(=O)N(c2cc(-c3ccccc3)sc2C(=O)O)C(C)C)c(C)c1C. The minimum atomic E-state index is -4.13. The predicted molar refractivity (Wildman–Crippen MR) is 163 cm³/mol. The van der Waals surface area contributed by atoms with Crippen LogP contribution in [0.2, 0.25) is 0 Å². The van der Waals surface area contributed by atoms with Crippen LogP contribution in [0.3, 0.4) is 0 Å². The molecule has 0 radical (unpaired) electrons. The Balaban J connectivity index is 1.83. The number of thiophene rings is 1. The van der Waals surface area contributed by atoms with Gasteiger partial charge in [0.15, 0.2) is 0 Å².